The lowest BCUT2D eigenvalue weighted by molar-refractivity contribution is -0.153. The van der Waals surface area contributed by atoms with Crippen LogP contribution in [0.25, 0.3) is 0 Å². The number of rotatable bonds is 7. The van der Waals surface area contributed by atoms with E-state index in [9.17, 15) is 9.59 Å². The summed E-state index contributed by atoms with van der Waals surface area (Å²) >= 11 is 0. The van der Waals surface area contributed by atoms with Crippen molar-refractivity contribution in [2.24, 2.45) is 0 Å². The van der Waals surface area contributed by atoms with Gasteiger partial charge in [0.05, 0.1) is 5.41 Å². The van der Waals surface area contributed by atoms with Gasteiger partial charge in [-0.2, -0.15) is 0 Å². The summed E-state index contributed by atoms with van der Waals surface area (Å²) in [5, 5.41) is 2.91. The molecule has 1 aliphatic carbocycles. The minimum absolute atomic E-state index is 0.0459. The van der Waals surface area contributed by atoms with Gasteiger partial charge in [-0.25, -0.2) is 0 Å². The zero-order valence-electron chi connectivity index (χ0n) is 15.3. The summed E-state index contributed by atoms with van der Waals surface area (Å²) in [4.78, 5) is 24.5. The molecule has 0 unspecified atom stereocenters. The smallest absolute Gasteiger partial charge is 0.316 e. The first-order chi connectivity index (χ1) is 12.4. The Labute approximate surface area is 154 Å². The van der Waals surface area contributed by atoms with Gasteiger partial charge in [0.2, 0.25) is 0 Å². The van der Waals surface area contributed by atoms with Gasteiger partial charge in [-0.1, -0.05) is 60.7 Å². The first-order valence-electron chi connectivity index (χ1n) is 8.99. The van der Waals surface area contributed by atoms with E-state index in [-0.39, 0.29) is 17.9 Å². The van der Waals surface area contributed by atoms with Gasteiger partial charge >= 0.3 is 5.97 Å². The summed E-state index contributed by atoms with van der Waals surface area (Å²) < 4.78 is 5.26. The van der Waals surface area contributed by atoms with E-state index in [0.29, 0.717) is 6.54 Å². The van der Waals surface area contributed by atoms with Gasteiger partial charge in [-0.3, -0.25) is 9.59 Å². The molecule has 2 aromatic carbocycles. The number of carbonyl (C=O) groups excluding carboxylic acids is 2. The van der Waals surface area contributed by atoms with Crippen molar-refractivity contribution in [1.82, 2.24) is 5.32 Å². The van der Waals surface area contributed by atoms with Crippen LogP contribution in [0, 0.1) is 0 Å². The Morgan fingerprint density at radius 2 is 1.58 bits per heavy atom. The fourth-order valence-electron chi connectivity index (χ4n) is 3.11. The van der Waals surface area contributed by atoms with Crippen LogP contribution in [0.5, 0.6) is 0 Å². The molecule has 136 valence electrons. The van der Waals surface area contributed by atoms with Gasteiger partial charge in [-0.05, 0) is 37.8 Å². The van der Waals surface area contributed by atoms with Crippen LogP contribution in [-0.4, -0.2) is 25.0 Å². The van der Waals surface area contributed by atoms with Crippen molar-refractivity contribution in [3.05, 3.63) is 71.8 Å². The number of esters is 1. The van der Waals surface area contributed by atoms with Crippen molar-refractivity contribution in [1.29, 1.82) is 0 Å². The van der Waals surface area contributed by atoms with Crippen LogP contribution in [0.2, 0.25) is 0 Å². The molecule has 1 saturated carbocycles. The highest BCUT2D eigenvalue weighted by Gasteiger charge is 2.44. The minimum atomic E-state index is -0.788. The molecule has 0 heterocycles. The highest BCUT2D eigenvalue weighted by Crippen LogP contribution is 2.47. The second kappa shape index (κ2) is 7.32. The van der Waals surface area contributed by atoms with E-state index in [1.807, 2.05) is 48.5 Å². The van der Waals surface area contributed by atoms with Crippen molar-refractivity contribution in [3.8, 4) is 0 Å². The Hall–Kier alpha value is -2.62. The zero-order chi connectivity index (χ0) is 18.6. The lowest BCUT2D eigenvalue weighted by Crippen LogP contribution is -2.38. The Bertz CT molecular complexity index is 764. The van der Waals surface area contributed by atoms with E-state index in [2.05, 4.69) is 17.4 Å². The van der Waals surface area contributed by atoms with E-state index >= 15 is 0 Å². The maximum Gasteiger partial charge on any atom is 0.316 e. The third kappa shape index (κ3) is 3.96. The number of nitrogens with one attached hydrogen (secondary N) is 1. The van der Waals surface area contributed by atoms with Crippen molar-refractivity contribution < 1.29 is 14.3 Å². The maximum absolute atomic E-state index is 12.4. The second-order valence-corrected chi connectivity index (χ2v) is 7.49. The predicted molar refractivity (Wildman–Crippen MR) is 101 cm³/mol. The molecule has 1 N–H and O–H groups in total. The summed E-state index contributed by atoms with van der Waals surface area (Å²) in [5.74, 6) is -0.660. The Balaban J connectivity index is 1.49. The van der Waals surface area contributed by atoms with Gasteiger partial charge in [-0.15, -0.1) is 0 Å². The first kappa shape index (κ1) is 18.2. The average molecular weight is 351 g/mol. The highest BCUT2D eigenvalue weighted by molar-refractivity contribution is 5.85. The molecule has 1 amide bonds. The Morgan fingerprint density at radius 3 is 2.15 bits per heavy atom. The molecule has 1 aliphatic rings. The molecule has 0 bridgehead atoms. The van der Waals surface area contributed by atoms with Gasteiger partial charge < -0.3 is 10.1 Å². The van der Waals surface area contributed by atoms with Crippen LogP contribution in [0.4, 0.5) is 0 Å². The topological polar surface area (TPSA) is 55.4 Å². The van der Waals surface area contributed by atoms with Crippen molar-refractivity contribution in [2.75, 3.05) is 13.2 Å². The monoisotopic (exact) mass is 351 g/mol. The second-order valence-electron chi connectivity index (χ2n) is 7.49. The van der Waals surface area contributed by atoms with Gasteiger partial charge in [0.25, 0.3) is 5.91 Å². The molecule has 0 radical (unpaired) electrons. The molecule has 1 fully saturated rings. The lowest BCUT2D eigenvalue weighted by atomic mass is 9.85. The summed E-state index contributed by atoms with van der Waals surface area (Å²) in [6.45, 7) is 3.93. The van der Waals surface area contributed by atoms with Crippen LogP contribution < -0.4 is 5.32 Å². The van der Waals surface area contributed by atoms with E-state index in [1.54, 1.807) is 13.8 Å². The Kier molecular flexibility index (Phi) is 5.12. The molecule has 0 saturated heterocycles. The van der Waals surface area contributed by atoms with E-state index in [4.69, 9.17) is 4.74 Å². The molecule has 0 atom stereocenters. The fourth-order valence-corrected chi connectivity index (χ4v) is 3.11. The van der Waals surface area contributed by atoms with Crippen molar-refractivity contribution in [2.45, 2.75) is 37.5 Å². The number of carbonyl (C=O) groups is 2. The molecule has 0 spiro atoms. The van der Waals surface area contributed by atoms with Crippen LogP contribution >= 0.6 is 0 Å². The molecule has 2 aromatic rings. The van der Waals surface area contributed by atoms with Gasteiger partial charge in [0.15, 0.2) is 6.61 Å². The van der Waals surface area contributed by atoms with Crippen LogP contribution in [0.1, 0.15) is 37.8 Å². The normalized spacial score (nSPS) is 15.2. The number of hydrogen-bond donors (Lipinski definition) is 1. The fraction of sp³-hybridized carbons (Fsp3) is 0.364. The molecular formula is C22H25NO3. The molecule has 4 heteroatoms. The first-order valence-corrected chi connectivity index (χ1v) is 8.99. The summed E-state index contributed by atoms with van der Waals surface area (Å²) in [6, 6.07) is 19.7. The average Bonchev–Trinajstić information content (AvgIpc) is 3.47. The molecule has 3 rings (SSSR count). The number of amides is 1. The summed E-state index contributed by atoms with van der Waals surface area (Å²) in [6.07, 6.45) is 2.14. The zero-order valence-corrected chi connectivity index (χ0v) is 15.3. The van der Waals surface area contributed by atoms with Crippen molar-refractivity contribution >= 4 is 11.9 Å². The molecule has 0 aliphatic heterocycles. The SMILES string of the molecule is CC(C)(C(=O)OCC(=O)NCC1(c2ccccc2)CC1)c1ccccc1. The van der Waals surface area contributed by atoms with Gasteiger partial charge in [0, 0.05) is 12.0 Å². The Morgan fingerprint density at radius 1 is 1.00 bits per heavy atom. The number of benzene rings is 2. The largest absolute Gasteiger partial charge is 0.455 e. The van der Waals surface area contributed by atoms with Gasteiger partial charge in [0.1, 0.15) is 0 Å². The van der Waals surface area contributed by atoms with Crippen LogP contribution in [0.15, 0.2) is 60.7 Å². The van der Waals surface area contributed by atoms with E-state index in [0.717, 1.165) is 18.4 Å². The van der Waals surface area contributed by atoms with E-state index < -0.39 is 11.4 Å². The van der Waals surface area contributed by atoms with Crippen molar-refractivity contribution in [3.63, 3.8) is 0 Å². The third-order valence-electron chi connectivity index (χ3n) is 5.20. The molecule has 26 heavy (non-hydrogen) atoms. The van der Waals surface area contributed by atoms with Crippen LogP contribution in [0.3, 0.4) is 0 Å². The predicted octanol–water partition coefficient (Wildman–Crippen LogP) is 3.36. The summed E-state index contributed by atoms with van der Waals surface area (Å²) in [7, 11) is 0. The quantitative estimate of drug-likeness (QED) is 0.778. The number of ether oxygens (including phenoxy) is 1. The standard InChI is InChI=1S/C22H25NO3/c1-21(2,17-9-5-3-6-10-17)20(25)26-15-19(24)23-16-22(13-14-22)18-11-7-4-8-12-18/h3-12H,13-16H2,1-2H3,(H,23,24). The minimum Gasteiger partial charge on any atom is -0.455 e. The highest BCUT2D eigenvalue weighted by atomic mass is 16.5. The molecule has 4 nitrogen and oxygen atoms in total. The number of hydrogen-bond acceptors (Lipinski definition) is 3. The van der Waals surface area contributed by atoms with Crippen LogP contribution in [-0.2, 0) is 25.2 Å². The third-order valence-corrected chi connectivity index (χ3v) is 5.20. The lowest BCUT2D eigenvalue weighted by Gasteiger charge is -2.23. The molecular weight excluding hydrogens is 326 g/mol. The molecule has 0 aromatic heterocycles. The van der Waals surface area contributed by atoms with E-state index in [1.165, 1.54) is 5.56 Å². The summed E-state index contributed by atoms with van der Waals surface area (Å²) in [5.41, 5.74) is 1.38. The maximum atomic E-state index is 12.4.